The fraction of sp³-hybridized carbons (Fsp3) is 0.412. The van der Waals surface area contributed by atoms with E-state index in [4.69, 9.17) is 20.6 Å². The highest BCUT2D eigenvalue weighted by atomic mass is 16.6. The van der Waals surface area contributed by atoms with Gasteiger partial charge in [0, 0.05) is 0 Å². The van der Waals surface area contributed by atoms with E-state index < -0.39 is 18.0 Å². The van der Waals surface area contributed by atoms with Gasteiger partial charge in [0.05, 0.1) is 18.9 Å². The molecule has 5 nitrogen and oxygen atoms in total. The average Bonchev–Trinajstić information content (AvgIpc) is 2.46. The van der Waals surface area contributed by atoms with Crippen molar-refractivity contribution in [1.82, 2.24) is 0 Å². The Bertz CT molecular complexity index is 556. The second-order valence-corrected chi connectivity index (χ2v) is 4.89. The molecular weight excluding hydrogens is 284 g/mol. The molecule has 0 amide bonds. The molecule has 0 aliphatic rings. The first-order chi connectivity index (χ1) is 10.4. The maximum Gasteiger partial charge on any atom is 0.311 e. The predicted molar refractivity (Wildman–Crippen MR) is 81.5 cm³/mol. The summed E-state index contributed by atoms with van der Waals surface area (Å²) in [4.78, 5) is 23.2. The van der Waals surface area contributed by atoms with Gasteiger partial charge >= 0.3 is 11.9 Å². The van der Waals surface area contributed by atoms with E-state index in [1.165, 1.54) is 0 Å². The van der Waals surface area contributed by atoms with Gasteiger partial charge in [0.2, 0.25) is 0 Å². The second kappa shape index (κ2) is 8.73. The first kappa shape index (κ1) is 17.6. The van der Waals surface area contributed by atoms with Crippen LogP contribution < -0.4 is 9.47 Å². The van der Waals surface area contributed by atoms with Crippen LogP contribution in [0.1, 0.15) is 33.6 Å². The minimum absolute atomic E-state index is 0.0416. The largest absolute Gasteiger partial charge is 0.487 e. The van der Waals surface area contributed by atoms with Gasteiger partial charge in [-0.1, -0.05) is 18.1 Å². The van der Waals surface area contributed by atoms with Gasteiger partial charge in [-0.25, -0.2) is 0 Å². The van der Waals surface area contributed by atoms with Crippen LogP contribution in [0, 0.1) is 12.3 Å². The second-order valence-electron chi connectivity index (χ2n) is 4.89. The molecule has 0 aliphatic carbocycles. The lowest BCUT2D eigenvalue weighted by Crippen LogP contribution is -2.16. The molecule has 22 heavy (non-hydrogen) atoms. The minimum atomic E-state index is -0.608. The molecule has 0 bridgehead atoms. The van der Waals surface area contributed by atoms with Crippen LogP contribution in [0.4, 0.5) is 0 Å². The van der Waals surface area contributed by atoms with Crippen molar-refractivity contribution in [2.24, 2.45) is 0 Å². The van der Waals surface area contributed by atoms with Crippen LogP contribution in [-0.2, 0) is 14.3 Å². The van der Waals surface area contributed by atoms with Crippen LogP contribution in [0.3, 0.4) is 0 Å². The maximum absolute atomic E-state index is 11.8. The number of ether oxygens (including phenoxy) is 3. The van der Waals surface area contributed by atoms with Crippen molar-refractivity contribution in [2.75, 3.05) is 0 Å². The molecule has 1 unspecified atom stereocenters. The molecule has 0 saturated carbocycles. The molecule has 1 aromatic carbocycles. The SMILES string of the molecule is C#CC(C)OC(=O)CCC(=O)Oc1ccccc1OC(C)C. The van der Waals surface area contributed by atoms with E-state index >= 15 is 0 Å². The van der Waals surface area contributed by atoms with Crippen molar-refractivity contribution < 1.29 is 23.8 Å². The van der Waals surface area contributed by atoms with E-state index in [-0.39, 0.29) is 18.9 Å². The number of benzene rings is 1. The number of para-hydroxylation sites is 2. The Balaban J connectivity index is 2.52. The third-order valence-corrected chi connectivity index (χ3v) is 2.51. The van der Waals surface area contributed by atoms with Crippen molar-refractivity contribution in [1.29, 1.82) is 0 Å². The fourth-order valence-electron chi connectivity index (χ4n) is 1.55. The summed E-state index contributed by atoms with van der Waals surface area (Å²) >= 11 is 0. The summed E-state index contributed by atoms with van der Waals surface area (Å²) in [6.07, 6.45) is 4.28. The third-order valence-electron chi connectivity index (χ3n) is 2.51. The number of terminal acetylenes is 1. The molecular formula is C17H20O5. The van der Waals surface area contributed by atoms with Gasteiger partial charge in [-0.3, -0.25) is 9.59 Å². The average molecular weight is 304 g/mol. The summed E-state index contributed by atoms with van der Waals surface area (Å²) in [6.45, 7) is 5.33. The Morgan fingerprint density at radius 1 is 1.09 bits per heavy atom. The summed E-state index contributed by atoms with van der Waals surface area (Å²) in [5, 5.41) is 0. The molecule has 0 fully saturated rings. The Morgan fingerprint density at radius 3 is 2.27 bits per heavy atom. The van der Waals surface area contributed by atoms with Gasteiger partial charge < -0.3 is 14.2 Å². The van der Waals surface area contributed by atoms with Gasteiger partial charge in [-0.15, -0.1) is 6.42 Å². The van der Waals surface area contributed by atoms with Gasteiger partial charge in [-0.05, 0) is 32.9 Å². The van der Waals surface area contributed by atoms with Crippen LogP contribution in [0.15, 0.2) is 24.3 Å². The van der Waals surface area contributed by atoms with Crippen LogP contribution in [-0.4, -0.2) is 24.1 Å². The Labute approximate surface area is 130 Å². The maximum atomic E-state index is 11.8. The summed E-state index contributed by atoms with van der Waals surface area (Å²) in [5.74, 6) is 2.01. The summed E-state index contributed by atoms with van der Waals surface area (Å²) in [7, 11) is 0. The molecule has 1 aromatic rings. The number of hydrogen-bond acceptors (Lipinski definition) is 5. The third kappa shape index (κ3) is 6.31. The van der Waals surface area contributed by atoms with Crippen LogP contribution in [0.2, 0.25) is 0 Å². The molecule has 0 aliphatic heterocycles. The van der Waals surface area contributed by atoms with Crippen LogP contribution >= 0.6 is 0 Å². The smallest absolute Gasteiger partial charge is 0.311 e. The highest BCUT2D eigenvalue weighted by Gasteiger charge is 2.14. The first-order valence-electron chi connectivity index (χ1n) is 7.04. The normalized spacial score (nSPS) is 11.4. The molecule has 5 heteroatoms. The van der Waals surface area contributed by atoms with E-state index in [9.17, 15) is 9.59 Å². The summed E-state index contributed by atoms with van der Waals surface area (Å²) in [5.41, 5.74) is 0. The van der Waals surface area contributed by atoms with E-state index in [0.717, 1.165) is 0 Å². The quantitative estimate of drug-likeness (QED) is 0.440. The number of hydrogen-bond donors (Lipinski definition) is 0. The number of carbonyl (C=O) groups excluding carboxylic acids is 2. The number of esters is 2. The zero-order valence-electron chi connectivity index (χ0n) is 13.0. The van der Waals surface area contributed by atoms with Crippen molar-refractivity contribution in [2.45, 2.75) is 45.8 Å². The van der Waals surface area contributed by atoms with E-state index in [0.29, 0.717) is 11.5 Å². The van der Waals surface area contributed by atoms with Crippen molar-refractivity contribution in [3.05, 3.63) is 24.3 Å². The molecule has 0 N–H and O–H groups in total. The molecule has 0 aromatic heterocycles. The molecule has 0 saturated heterocycles. The van der Waals surface area contributed by atoms with E-state index in [1.807, 2.05) is 13.8 Å². The minimum Gasteiger partial charge on any atom is -0.487 e. The fourth-order valence-corrected chi connectivity index (χ4v) is 1.55. The monoisotopic (exact) mass is 304 g/mol. The van der Waals surface area contributed by atoms with Gasteiger partial charge in [0.15, 0.2) is 17.6 Å². The molecule has 118 valence electrons. The molecule has 0 spiro atoms. The molecule has 1 atom stereocenters. The Morgan fingerprint density at radius 2 is 1.68 bits per heavy atom. The van der Waals surface area contributed by atoms with E-state index in [1.54, 1.807) is 31.2 Å². The molecule has 1 rings (SSSR count). The lowest BCUT2D eigenvalue weighted by Gasteiger charge is -2.13. The lowest BCUT2D eigenvalue weighted by atomic mass is 10.3. The van der Waals surface area contributed by atoms with Crippen LogP contribution in [0.5, 0.6) is 11.5 Å². The van der Waals surface area contributed by atoms with Crippen molar-refractivity contribution >= 4 is 11.9 Å². The van der Waals surface area contributed by atoms with E-state index in [2.05, 4.69) is 5.92 Å². The highest BCUT2D eigenvalue weighted by molar-refractivity contribution is 5.79. The first-order valence-corrected chi connectivity index (χ1v) is 7.04. The molecule has 0 heterocycles. The zero-order chi connectivity index (χ0) is 16.5. The molecule has 0 radical (unpaired) electrons. The predicted octanol–water partition coefficient (Wildman–Crippen LogP) is 2.72. The van der Waals surface area contributed by atoms with Crippen molar-refractivity contribution in [3.8, 4) is 23.8 Å². The van der Waals surface area contributed by atoms with Gasteiger partial charge in [0.25, 0.3) is 0 Å². The standard InChI is InChI=1S/C17H20O5/c1-5-13(4)21-16(18)10-11-17(19)22-15-9-7-6-8-14(15)20-12(2)3/h1,6-9,12-13H,10-11H2,2-4H3. The Kier molecular flexibility index (Phi) is 6.97. The van der Waals surface area contributed by atoms with Gasteiger partial charge in [-0.2, -0.15) is 0 Å². The number of rotatable bonds is 7. The number of carbonyl (C=O) groups is 2. The van der Waals surface area contributed by atoms with Crippen LogP contribution in [0.25, 0.3) is 0 Å². The lowest BCUT2D eigenvalue weighted by molar-refractivity contribution is -0.148. The zero-order valence-corrected chi connectivity index (χ0v) is 13.0. The summed E-state index contributed by atoms with van der Waals surface area (Å²) in [6, 6.07) is 6.87. The summed E-state index contributed by atoms with van der Waals surface area (Å²) < 4.78 is 15.6. The topological polar surface area (TPSA) is 61.8 Å². The van der Waals surface area contributed by atoms with Crippen molar-refractivity contribution in [3.63, 3.8) is 0 Å². The highest BCUT2D eigenvalue weighted by Crippen LogP contribution is 2.27. The van der Waals surface area contributed by atoms with Gasteiger partial charge in [0.1, 0.15) is 0 Å². The Hall–Kier alpha value is -2.48.